The number of nitrogens with two attached hydrogens (primary N) is 1. The third kappa shape index (κ3) is 6.49. The van der Waals surface area contributed by atoms with E-state index in [0.717, 1.165) is 29.0 Å². The summed E-state index contributed by atoms with van der Waals surface area (Å²) in [5.74, 6) is 4.56. The number of aromatic hydroxyl groups is 1. The zero-order chi connectivity index (χ0) is 25.5. The highest BCUT2D eigenvalue weighted by Crippen LogP contribution is 2.30. The molecule has 3 amide bonds. The van der Waals surface area contributed by atoms with Crippen molar-refractivity contribution in [1.82, 2.24) is 15.2 Å². The molecule has 8 nitrogen and oxygen atoms in total. The van der Waals surface area contributed by atoms with Crippen molar-refractivity contribution in [3.63, 3.8) is 0 Å². The molecule has 4 rings (SSSR count). The molecule has 9 heteroatoms. The molecule has 2 heterocycles. The van der Waals surface area contributed by atoms with Gasteiger partial charge in [-0.25, -0.2) is 4.98 Å². The molecule has 2 aromatic carbocycles. The smallest absolute Gasteiger partial charge is 0.298 e. The van der Waals surface area contributed by atoms with Crippen LogP contribution in [0.1, 0.15) is 45.4 Å². The molecule has 1 saturated heterocycles. The van der Waals surface area contributed by atoms with E-state index >= 15 is 0 Å². The number of carbonyl (C=O) groups excluding carboxylic acids is 3. The molecule has 1 aromatic heterocycles. The minimum atomic E-state index is -0.904. The zero-order valence-corrected chi connectivity index (χ0v) is 20.3. The topological polar surface area (TPSA) is 126 Å². The first-order chi connectivity index (χ1) is 17.4. The number of thiazole rings is 1. The number of hydrogen-bond acceptors (Lipinski definition) is 6. The zero-order valence-electron chi connectivity index (χ0n) is 19.5. The molecule has 0 aliphatic carbocycles. The Balaban J connectivity index is 1.31. The number of benzene rings is 2. The first-order valence-electron chi connectivity index (χ1n) is 11.6. The lowest BCUT2D eigenvalue weighted by Gasteiger charge is -2.29. The SMILES string of the molecule is NC(=O)C(Cc1ccc(O)cc1)NC(=O)c1csc(C2CCN(C(=O)C#Cc3ccccc3)CC2)n1. The molecule has 4 N–H and O–H groups in total. The van der Waals surface area contributed by atoms with Crippen LogP contribution in [-0.4, -0.2) is 51.8 Å². The quantitative estimate of drug-likeness (QED) is 0.447. The number of amides is 3. The van der Waals surface area contributed by atoms with E-state index in [-0.39, 0.29) is 29.7 Å². The highest BCUT2D eigenvalue weighted by molar-refractivity contribution is 7.09. The van der Waals surface area contributed by atoms with E-state index in [1.54, 1.807) is 22.4 Å². The number of likely N-dealkylation sites (tertiary alicyclic amines) is 1. The number of aromatic nitrogens is 1. The van der Waals surface area contributed by atoms with Gasteiger partial charge in [0, 0.05) is 42.3 Å². The third-order valence-electron chi connectivity index (χ3n) is 6.00. The summed E-state index contributed by atoms with van der Waals surface area (Å²) in [7, 11) is 0. The molecule has 1 aliphatic rings. The van der Waals surface area contributed by atoms with Gasteiger partial charge in [-0.15, -0.1) is 11.3 Å². The summed E-state index contributed by atoms with van der Waals surface area (Å²) < 4.78 is 0. The van der Waals surface area contributed by atoms with Crippen LogP contribution in [0.5, 0.6) is 5.75 Å². The van der Waals surface area contributed by atoms with Crippen LogP contribution >= 0.6 is 11.3 Å². The Hall–Kier alpha value is -4.16. The fourth-order valence-electron chi connectivity index (χ4n) is 3.96. The van der Waals surface area contributed by atoms with Crippen LogP contribution in [0.25, 0.3) is 0 Å². The summed E-state index contributed by atoms with van der Waals surface area (Å²) in [6.45, 7) is 1.15. The van der Waals surface area contributed by atoms with Crippen LogP contribution < -0.4 is 11.1 Å². The standard InChI is InChI=1S/C27H26N4O4S/c28-25(34)22(16-19-6-9-21(32)10-7-19)29-26(35)23-17-36-27(30-23)20-12-14-31(15-13-20)24(33)11-8-18-4-2-1-3-5-18/h1-7,9-10,17,20,22,32H,12-16H2,(H2,28,34)(H,29,35). The average Bonchev–Trinajstić information content (AvgIpc) is 3.39. The van der Waals surface area contributed by atoms with Gasteiger partial charge in [0.25, 0.3) is 11.8 Å². The Morgan fingerprint density at radius 1 is 1.11 bits per heavy atom. The predicted molar refractivity (Wildman–Crippen MR) is 136 cm³/mol. The van der Waals surface area contributed by atoms with Crippen LogP contribution in [0.2, 0.25) is 0 Å². The lowest BCUT2D eigenvalue weighted by Crippen LogP contribution is -2.46. The highest BCUT2D eigenvalue weighted by Gasteiger charge is 2.27. The minimum Gasteiger partial charge on any atom is -0.508 e. The van der Waals surface area contributed by atoms with E-state index < -0.39 is 17.9 Å². The largest absolute Gasteiger partial charge is 0.508 e. The first kappa shape index (κ1) is 24.9. The predicted octanol–water partition coefficient (Wildman–Crippen LogP) is 2.43. The van der Waals surface area contributed by atoms with Gasteiger partial charge in [-0.05, 0) is 42.7 Å². The van der Waals surface area contributed by atoms with Gasteiger partial charge in [0.05, 0.1) is 5.01 Å². The maximum Gasteiger partial charge on any atom is 0.298 e. The number of carbonyl (C=O) groups is 3. The Morgan fingerprint density at radius 2 is 1.81 bits per heavy atom. The van der Waals surface area contributed by atoms with Crippen LogP contribution in [0.4, 0.5) is 0 Å². The molecule has 1 aliphatic heterocycles. The van der Waals surface area contributed by atoms with Crippen LogP contribution in [-0.2, 0) is 16.0 Å². The summed E-state index contributed by atoms with van der Waals surface area (Å²) in [6.07, 6.45) is 1.67. The van der Waals surface area contributed by atoms with Gasteiger partial charge in [0.1, 0.15) is 17.5 Å². The molecule has 0 spiro atoms. The van der Waals surface area contributed by atoms with E-state index in [1.165, 1.54) is 23.5 Å². The maximum atomic E-state index is 12.7. The van der Waals surface area contributed by atoms with Crippen molar-refractivity contribution in [2.24, 2.45) is 5.73 Å². The first-order valence-corrected chi connectivity index (χ1v) is 12.5. The molecule has 1 fully saturated rings. The minimum absolute atomic E-state index is 0.115. The van der Waals surface area contributed by atoms with E-state index in [9.17, 15) is 19.5 Å². The van der Waals surface area contributed by atoms with Gasteiger partial charge in [0.15, 0.2) is 0 Å². The Kier molecular flexibility index (Phi) is 7.98. The molecule has 0 saturated carbocycles. The fourth-order valence-corrected chi connectivity index (χ4v) is 4.93. The van der Waals surface area contributed by atoms with Gasteiger partial charge in [-0.1, -0.05) is 36.3 Å². The highest BCUT2D eigenvalue weighted by atomic mass is 32.1. The molecule has 0 radical (unpaired) electrons. The van der Waals surface area contributed by atoms with Gasteiger partial charge in [0.2, 0.25) is 5.91 Å². The summed E-state index contributed by atoms with van der Waals surface area (Å²) in [4.78, 5) is 43.3. The Bertz CT molecular complexity index is 1290. The Labute approximate surface area is 213 Å². The molecule has 184 valence electrons. The Morgan fingerprint density at radius 3 is 2.47 bits per heavy atom. The monoisotopic (exact) mass is 502 g/mol. The molecule has 1 atom stereocenters. The van der Waals surface area contributed by atoms with E-state index in [4.69, 9.17) is 5.73 Å². The summed E-state index contributed by atoms with van der Waals surface area (Å²) in [5.41, 5.74) is 7.28. The summed E-state index contributed by atoms with van der Waals surface area (Å²) >= 11 is 1.40. The van der Waals surface area contributed by atoms with E-state index in [1.807, 2.05) is 30.3 Å². The average molecular weight is 503 g/mol. The molecular formula is C27H26N4O4S. The summed E-state index contributed by atoms with van der Waals surface area (Å²) in [5, 5.41) is 14.6. The van der Waals surface area contributed by atoms with Crippen molar-refractivity contribution >= 4 is 29.1 Å². The maximum absolute atomic E-state index is 12.7. The van der Waals surface area contributed by atoms with Crippen LogP contribution in [0.3, 0.4) is 0 Å². The number of nitrogens with one attached hydrogen (secondary N) is 1. The van der Waals surface area contributed by atoms with Crippen molar-refractivity contribution in [1.29, 1.82) is 0 Å². The van der Waals surface area contributed by atoms with Crippen LogP contribution in [0.15, 0.2) is 60.0 Å². The number of rotatable bonds is 6. The van der Waals surface area contributed by atoms with Gasteiger partial charge in [-0.3, -0.25) is 14.4 Å². The number of piperidine rings is 1. The van der Waals surface area contributed by atoms with Crippen molar-refractivity contribution in [2.75, 3.05) is 13.1 Å². The number of phenols is 1. The van der Waals surface area contributed by atoms with E-state index in [0.29, 0.717) is 13.1 Å². The normalized spacial score (nSPS) is 14.4. The number of hydrogen-bond donors (Lipinski definition) is 3. The molecule has 3 aromatic rings. The fraction of sp³-hybridized carbons (Fsp3) is 0.259. The van der Waals surface area contributed by atoms with Gasteiger partial charge in [-0.2, -0.15) is 0 Å². The van der Waals surface area contributed by atoms with Crippen molar-refractivity contribution in [3.8, 4) is 17.6 Å². The van der Waals surface area contributed by atoms with E-state index in [2.05, 4.69) is 22.1 Å². The number of primary amides is 1. The third-order valence-corrected chi connectivity index (χ3v) is 7.01. The summed E-state index contributed by atoms with van der Waals surface area (Å²) in [6, 6.07) is 14.8. The number of nitrogens with zero attached hydrogens (tertiary/aromatic N) is 2. The van der Waals surface area contributed by atoms with Gasteiger partial charge < -0.3 is 21.1 Å². The molecule has 0 bridgehead atoms. The van der Waals surface area contributed by atoms with Crippen molar-refractivity contribution < 1.29 is 19.5 Å². The molecule has 1 unspecified atom stereocenters. The van der Waals surface area contributed by atoms with Crippen molar-refractivity contribution in [2.45, 2.75) is 31.2 Å². The lowest BCUT2D eigenvalue weighted by molar-refractivity contribution is -0.126. The second-order valence-electron chi connectivity index (χ2n) is 8.55. The second kappa shape index (κ2) is 11.5. The van der Waals surface area contributed by atoms with Crippen LogP contribution in [0, 0.1) is 11.8 Å². The lowest BCUT2D eigenvalue weighted by atomic mass is 9.97. The second-order valence-corrected chi connectivity index (χ2v) is 9.44. The van der Waals surface area contributed by atoms with Gasteiger partial charge >= 0.3 is 0 Å². The number of phenolic OH excluding ortho intramolecular Hbond substituents is 1. The molecule has 36 heavy (non-hydrogen) atoms. The van der Waals surface area contributed by atoms with Crippen molar-refractivity contribution in [3.05, 3.63) is 81.8 Å². The molecular weight excluding hydrogens is 476 g/mol.